The molecule has 0 saturated heterocycles. The molecular weight excluding hydrogens is 185 g/mol. The Morgan fingerprint density at radius 2 is 2.18 bits per heavy atom. The van der Waals surface area contributed by atoms with Crippen molar-refractivity contribution in [2.24, 2.45) is 5.16 Å². The molecule has 1 aromatic rings. The quantitative estimate of drug-likeness (QED) is 0.414. The third kappa shape index (κ3) is 3.25. The van der Waals surface area contributed by atoms with E-state index in [1.54, 1.807) is 24.3 Å². The molecule has 0 heterocycles. The highest BCUT2D eigenvalue weighted by atomic mass is 35.5. The summed E-state index contributed by atoms with van der Waals surface area (Å²) < 4.78 is 0. The van der Waals surface area contributed by atoms with Gasteiger partial charge in [0.25, 0.3) is 0 Å². The van der Waals surface area contributed by atoms with Crippen LogP contribution in [0.25, 0.3) is 0 Å². The third-order valence-corrected chi connectivity index (χ3v) is 1.29. The van der Waals surface area contributed by atoms with E-state index in [4.69, 9.17) is 16.8 Å². The lowest BCUT2D eigenvalue weighted by molar-refractivity contribution is 0.322. The fourth-order valence-corrected chi connectivity index (χ4v) is 0.852. The maximum Gasteiger partial charge on any atom is 0.0734 e. The van der Waals surface area contributed by atoms with Gasteiger partial charge in [-0.1, -0.05) is 28.9 Å². The molecular formula is C7H7Cl2NO. The normalized spacial score (nSPS) is 9.55. The number of hydrogen-bond donors (Lipinski definition) is 1. The summed E-state index contributed by atoms with van der Waals surface area (Å²) in [6, 6.07) is 7.06. The first kappa shape index (κ1) is 10.3. The van der Waals surface area contributed by atoms with Crippen LogP contribution in [0.5, 0.6) is 0 Å². The molecule has 0 bridgehead atoms. The van der Waals surface area contributed by atoms with Gasteiger partial charge in [0.2, 0.25) is 0 Å². The highest BCUT2D eigenvalue weighted by Gasteiger charge is 1.87. The average molecular weight is 192 g/mol. The summed E-state index contributed by atoms with van der Waals surface area (Å²) in [5.74, 6) is 0. The van der Waals surface area contributed by atoms with Gasteiger partial charge in [0.05, 0.1) is 6.21 Å². The zero-order chi connectivity index (χ0) is 7.40. The molecule has 1 rings (SSSR count). The van der Waals surface area contributed by atoms with E-state index in [0.717, 1.165) is 5.56 Å². The predicted molar refractivity (Wildman–Crippen MR) is 48.1 cm³/mol. The van der Waals surface area contributed by atoms with Crippen LogP contribution < -0.4 is 0 Å². The van der Waals surface area contributed by atoms with Crippen molar-refractivity contribution in [3.63, 3.8) is 0 Å². The van der Waals surface area contributed by atoms with Crippen molar-refractivity contribution in [2.75, 3.05) is 0 Å². The van der Waals surface area contributed by atoms with Crippen LogP contribution in [0, 0.1) is 0 Å². The molecule has 0 radical (unpaired) electrons. The highest BCUT2D eigenvalue weighted by Crippen LogP contribution is 2.08. The van der Waals surface area contributed by atoms with Crippen LogP contribution in [0.3, 0.4) is 0 Å². The second-order valence-corrected chi connectivity index (χ2v) is 2.24. The van der Waals surface area contributed by atoms with Crippen molar-refractivity contribution in [1.29, 1.82) is 0 Å². The van der Waals surface area contributed by atoms with E-state index >= 15 is 0 Å². The molecule has 0 aliphatic carbocycles. The predicted octanol–water partition coefficient (Wildman–Crippen LogP) is 2.57. The Balaban J connectivity index is 0.000001000. The fraction of sp³-hybridized carbons (Fsp3) is 0. The molecule has 0 atom stereocenters. The lowest BCUT2D eigenvalue weighted by Gasteiger charge is -1.90. The van der Waals surface area contributed by atoms with E-state index in [0.29, 0.717) is 5.02 Å². The summed E-state index contributed by atoms with van der Waals surface area (Å²) in [6.07, 6.45) is 1.33. The standard InChI is InChI=1S/C7H6ClNO.ClH/c8-7-3-1-2-6(4-7)5-9-10;/h1-5,10H;1H. The Morgan fingerprint density at radius 1 is 1.45 bits per heavy atom. The summed E-state index contributed by atoms with van der Waals surface area (Å²) >= 11 is 5.64. The Hall–Kier alpha value is -0.730. The van der Waals surface area contributed by atoms with E-state index < -0.39 is 0 Å². The molecule has 11 heavy (non-hydrogen) atoms. The van der Waals surface area contributed by atoms with E-state index in [-0.39, 0.29) is 12.4 Å². The lowest BCUT2D eigenvalue weighted by atomic mass is 10.2. The summed E-state index contributed by atoms with van der Waals surface area (Å²) in [4.78, 5) is 0. The minimum atomic E-state index is 0. The number of oxime groups is 1. The molecule has 0 aliphatic heterocycles. The minimum absolute atomic E-state index is 0. The largest absolute Gasteiger partial charge is 0.411 e. The fourth-order valence-electron chi connectivity index (χ4n) is 0.654. The molecule has 4 heteroatoms. The van der Waals surface area contributed by atoms with Gasteiger partial charge in [0, 0.05) is 5.02 Å². The van der Waals surface area contributed by atoms with Crippen LogP contribution in [0.15, 0.2) is 29.4 Å². The van der Waals surface area contributed by atoms with Gasteiger partial charge in [-0.2, -0.15) is 0 Å². The van der Waals surface area contributed by atoms with Crippen LogP contribution >= 0.6 is 24.0 Å². The monoisotopic (exact) mass is 191 g/mol. The summed E-state index contributed by atoms with van der Waals surface area (Å²) in [7, 11) is 0. The number of halogens is 2. The summed E-state index contributed by atoms with van der Waals surface area (Å²) in [5, 5.41) is 11.6. The molecule has 1 aromatic carbocycles. The van der Waals surface area contributed by atoms with Gasteiger partial charge in [-0.25, -0.2) is 0 Å². The zero-order valence-electron chi connectivity index (χ0n) is 5.57. The van der Waals surface area contributed by atoms with Gasteiger partial charge < -0.3 is 5.21 Å². The second kappa shape index (κ2) is 4.99. The Kier molecular flexibility index (Phi) is 4.66. The maximum atomic E-state index is 8.14. The number of nitrogens with zero attached hydrogens (tertiary/aromatic N) is 1. The van der Waals surface area contributed by atoms with Crippen molar-refractivity contribution in [3.8, 4) is 0 Å². The number of rotatable bonds is 1. The highest BCUT2D eigenvalue weighted by molar-refractivity contribution is 6.30. The van der Waals surface area contributed by atoms with Crippen molar-refractivity contribution < 1.29 is 5.21 Å². The van der Waals surface area contributed by atoms with Crippen molar-refractivity contribution in [1.82, 2.24) is 0 Å². The molecule has 2 nitrogen and oxygen atoms in total. The summed E-state index contributed by atoms with van der Waals surface area (Å²) in [5.41, 5.74) is 0.787. The van der Waals surface area contributed by atoms with Crippen LogP contribution in [-0.4, -0.2) is 11.4 Å². The third-order valence-electron chi connectivity index (χ3n) is 1.06. The smallest absolute Gasteiger partial charge is 0.0734 e. The Morgan fingerprint density at radius 3 is 2.73 bits per heavy atom. The molecule has 0 unspecified atom stereocenters. The van der Waals surface area contributed by atoms with Crippen LogP contribution in [-0.2, 0) is 0 Å². The van der Waals surface area contributed by atoms with Crippen LogP contribution in [0.1, 0.15) is 5.56 Å². The number of benzene rings is 1. The first-order valence-electron chi connectivity index (χ1n) is 2.76. The minimum Gasteiger partial charge on any atom is -0.411 e. The zero-order valence-corrected chi connectivity index (χ0v) is 7.14. The summed E-state index contributed by atoms with van der Waals surface area (Å²) in [6.45, 7) is 0. The van der Waals surface area contributed by atoms with Gasteiger partial charge in [-0.05, 0) is 17.7 Å². The van der Waals surface area contributed by atoms with Crippen LogP contribution in [0.2, 0.25) is 5.02 Å². The van der Waals surface area contributed by atoms with Gasteiger partial charge >= 0.3 is 0 Å². The van der Waals surface area contributed by atoms with Gasteiger partial charge in [-0.15, -0.1) is 12.4 Å². The van der Waals surface area contributed by atoms with Crippen molar-refractivity contribution >= 4 is 30.2 Å². The van der Waals surface area contributed by atoms with E-state index in [1.807, 2.05) is 0 Å². The van der Waals surface area contributed by atoms with Crippen LogP contribution in [0.4, 0.5) is 0 Å². The molecule has 60 valence electrons. The lowest BCUT2D eigenvalue weighted by Crippen LogP contribution is -1.78. The molecule has 0 aromatic heterocycles. The average Bonchev–Trinajstić information content (AvgIpc) is 1.88. The first-order chi connectivity index (χ1) is 4.83. The Bertz CT molecular complexity index is 250. The van der Waals surface area contributed by atoms with E-state index in [9.17, 15) is 0 Å². The van der Waals surface area contributed by atoms with Gasteiger partial charge in [0.15, 0.2) is 0 Å². The van der Waals surface area contributed by atoms with Gasteiger partial charge in [0.1, 0.15) is 0 Å². The SMILES string of the molecule is Cl.ON=Cc1cccc(Cl)c1. The first-order valence-corrected chi connectivity index (χ1v) is 3.14. The molecule has 0 fully saturated rings. The second-order valence-electron chi connectivity index (χ2n) is 1.80. The van der Waals surface area contributed by atoms with E-state index in [1.165, 1.54) is 6.21 Å². The van der Waals surface area contributed by atoms with Gasteiger partial charge in [-0.3, -0.25) is 0 Å². The molecule has 0 saturated carbocycles. The number of hydrogen-bond acceptors (Lipinski definition) is 2. The van der Waals surface area contributed by atoms with Crippen molar-refractivity contribution in [2.45, 2.75) is 0 Å². The maximum absolute atomic E-state index is 8.14. The molecule has 0 aliphatic rings. The molecule has 0 amide bonds. The van der Waals surface area contributed by atoms with Crippen molar-refractivity contribution in [3.05, 3.63) is 34.9 Å². The topological polar surface area (TPSA) is 32.6 Å². The Labute approximate surface area is 75.9 Å². The molecule has 1 N–H and O–H groups in total. The molecule has 0 spiro atoms. The van der Waals surface area contributed by atoms with E-state index in [2.05, 4.69) is 5.16 Å².